The monoisotopic (exact) mass is 971 g/mol. The number of carbonyl (C=O) groups excluding carboxylic acids is 6. The first-order valence-electron chi connectivity index (χ1n) is 22.0. The molecule has 4 aliphatic rings. The van der Waals surface area contributed by atoms with Crippen molar-refractivity contribution >= 4 is 76.1 Å². The number of benzene rings is 1. The number of nitrogens with two attached hydrogens (primary N) is 2. The maximum absolute atomic E-state index is 13.7. The fourth-order valence-electron chi connectivity index (χ4n) is 8.60. The quantitative estimate of drug-likeness (QED) is 0.0271. The van der Waals surface area contributed by atoms with Crippen molar-refractivity contribution in [2.45, 2.75) is 101 Å². The van der Waals surface area contributed by atoms with Gasteiger partial charge in [0, 0.05) is 54.8 Å². The van der Waals surface area contributed by atoms with Gasteiger partial charge < -0.3 is 68.3 Å². The molecule has 27 heteroatoms. The summed E-state index contributed by atoms with van der Waals surface area (Å²) in [5, 5.41) is 45.4. The van der Waals surface area contributed by atoms with E-state index in [1.54, 1.807) is 4.90 Å². The zero-order valence-electron chi connectivity index (χ0n) is 37.3. The number of carbonyl (C=O) groups is 9. The van der Waals surface area contributed by atoms with Gasteiger partial charge in [0.25, 0.3) is 11.5 Å². The number of H-pyrrole nitrogens is 1. The Hall–Kier alpha value is -8.49. The van der Waals surface area contributed by atoms with E-state index in [0.29, 0.717) is 24.3 Å². The van der Waals surface area contributed by atoms with Crippen LogP contribution in [0.5, 0.6) is 0 Å². The van der Waals surface area contributed by atoms with Crippen LogP contribution in [0, 0.1) is 0 Å². The molecule has 4 unspecified atom stereocenters. The Labute approximate surface area is 395 Å². The van der Waals surface area contributed by atoms with Gasteiger partial charge in [-0.25, -0.2) is 29.1 Å². The number of ketones is 2. The van der Waals surface area contributed by atoms with Crippen molar-refractivity contribution in [3.63, 3.8) is 0 Å². The van der Waals surface area contributed by atoms with Crippen LogP contribution in [0.15, 0.2) is 57.8 Å². The van der Waals surface area contributed by atoms with E-state index in [9.17, 15) is 63.3 Å². The van der Waals surface area contributed by atoms with Crippen molar-refractivity contribution in [1.82, 2.24) is 51.4 Å². The Morgan fingerprint density at radius 3 is 2.10 bits per heavy atom. The van der Waals surface area contributed by atoms with Crippen LogP contribution in [-0.4, -0.2) is 149 Å². The highest BCUT2D eigenvalue weighted by Crippen LogP contribution is 2.46. The zero-order valence-corrected chi connectivity index (χ0v) is 37.3. The number of ether oxygens (including phenoxy) is 1. The fraction of sp³-hybridized carbons (Fsp3) is 0.419. The van der Waals surface area contributed by atoms with Gasteiger partial charge in [-0.05, 0) is 63.3 Å². The van der Waals surface area contributed by atoms with E-state index < -0.39 is 109 Å². The third kappa shape index (κ3) is 11.1. The average Bonchev–Trinajstić information content (AvgIpc) is 3.86. The molecule has 2 saturated heterocycles. The SMILES string of the molecule is CC1=C(NCCCCC(NC(=O)CCC(NC(=O)CCC(NC(=O)c2ccc(NCc3cnc4nc(N)[nH]c(=O)c4n3)cc2)C(=O)O)C(=O)O)C(=O)O)C(=O)C2=C(C1=O)N1C[C@@H]3N[C@@H]3C1[C@@H]2OC(N)=O. The number of hydrogen-bond acceptors (Lipinski definition) is 19. The number of allylic oxidation sites excluding steroid dienone is 2. The predicted octanol–water partition coefficient (Wildman–Crippen LogP) is -2.27. The topological polar surface area (TPSA) is 432 Å². The second-order valence-corrected chi connectivity index (χ2v) is 16.9. The van der Waals surface area contributed by atoms with Gasteiger partial charge in [0.15, 0.2) is 17.3 Å². The largest absolute Gasteiger partial charge is 0.480 e. The number of amides is 4. The number of hydrogen-bond donors (Lipinski definition) is 12. The van der Waals surface area contributed by atoms with Crippen LogP contribution < -0.4 is 48.9 Å². The Morgan fingerprint density at radius 2 is 1.47 bits per heavy atom. The number of carboxylic acids is 3. The Bertz CT molecular complexity index is 2790. The third-order valence-corrected chi connectivity index (χ3v) is 12.2. The molecule has 4 amide bonds. The first-order valence-corrected chi connectivity index (χ1v) is 22.0. The van der Waals surface area contributed by atoms with E-state index in [1.165, 1.54) is 37.4 Å². The molecule has 70 heavy (non-hydrogen) atoms. The van der Waals surface area contributed by atoms with Crippen molar-refractivity contribution in [2.24, 2.45) is 5.73 Å². The van der Waals surface area contributed by atoms with Crippen LogP contribution in [0.25, 0.3) is 11.2 Å². The minimum Gasteiger partial charge on any atom is -0.480 e. The lowest BCUT2D eigenvalue weighted by molar-refractivity contribution is -0.143. The lowest BCUT2D eigenvalue weighted by Crippen LogP contribution is -2.45. The van der Waals surface area contributed by atoms with Gasteiger partial charge in [-0.1, -0.05) is 0 Å². The number of rotatable bonds is 23. The highest BCUT2D eigenvalue weighted by atomic mass is 16.6. The molecule has 1 aliphatic carbocycles. The number of Topliss-reactive ketones (excluding diaryl/α,β-unsaturated/α-hetero) is 2. The lowest BCUT2D eigenvalue weighted by atomic mass is 9.89. The molecule has 2 aromatic heterocycles. The Kier molecular flexibility index (Phi) is 14.7. The van der Waals surface area contributed by atoms with Crippen LogP contribution in [0.1, 0.15) is 67.9 Å². The molecule has 2 fully saturated rings. The number of unbranched alkanes of at least 4 members (excludes halogenated alkanes) is 1. The third-order valence-electron chi connectivity index (χ3n) is 12.2. The number of aromatic nitrogens is 4. The van der Waals surface area contributed by atoms with Crippen LogP contribution in [-0.2, 0) is 44.8 Å². The summed E-state index contributed by atoms with van der Waals surface area (Å²) < 4.78 is 5.35. The predicted molar refractivity (Wildman–Crippen MR) is 240 cm³/mol. The number of nitrogens with one attached hydrogen (secondary N) is 7. The van der Waals surface area contributed by atoms with Crippen LogP contribution >= 0.6 is 0 Å². The van der Waals surface area contributed by atoms with Crippen LogP contribution in [0.4, 0.5) is 16.4 Å². The number of primary amides is 1. The summed E-state index contributed by atoms with van der Waals surface area (Å²) in [7, 11) is 0. The number of anilines is 2. The fourth-order valence-corrected chi connectivity index (χ4v) is 8.60. The minimum absolute atomic E-state index is 0.00412. The minimum atomic E-state index is -1.61. The summed E-state index contributed by atoms with van der Waals surface area (Å²) in [6.45, 7) is 2.25. The molecule has 1 aromatic carbocycles. The summed E-state index contributed by atoms with van der Waals surface area (Å²) in [6, 6.07) is 0.955. The number of aromatic amines is 1. The van der Waals surface area contributed by atoms with E-state index in [0.717, 1.165) is 0 Å². The van der Waals surface area contributed by atoms with E-state index in [2.05, 4.69) is 51.8 Å². The Morgan fingerprint density at radius 1 is 0.843 bits per heavy atom. The molecular weight excluding hydrogens is 923 g/mol. The zero-order chi connectivity index (χ0) is 50.6. The van der Waals surface area contributed by atoms with E-state index in [4.69, 9.17) is 16.2 Å². The normalized spacial score (nSPS) is 20.1. The molecule has 3 aliphatic heterocycles. The number of fused-ring (bicyclic) bond motifs is 5. The standard InChI is InChI=1S/C43H49N13O14/c1-17-28(34(60)27-31(33(17)59)56-16-24-29(52-24)32(56)35(27)70-43(45)69)46-13-3-2-4-21(39(63)64)50-25(57)11-9-22(40(65)66)51-26(58)12-10-23(41(67)68)53-37(61)18-5-7-19(8-6-18)47-14-20-15-48-36-30(49-20)38(62)55-42(44)54-36/h5-8,15,21-24,29,32,35,46-47,52H,2-4,9-14,16H2,1H3,(H2,45,69)(H,50,57)(H,51,58)(H,53,61)(H,63,64)(H,65,66)(H,67,68)(H3,44,48,54,55,62)/t21?,22?,23?,24-,29-,32?,35+/m0/s1. The van der Waals surface area contributed by atoms with Crippen molar-refractivity contribution in [3.05, 3.63) is 74.6 Å². The molecule has 7 atom stereocenters. The van der Waals surface area contributed by atoms with Crippen molar-refractivity contribution in [1.29, 1.82) is 0 Å². The smallest absolute Gasteiger partial charge is 0.405 e. The Balaban J connectivity index is 0.817. The maximum Gasteiger partial charge on any atom is 0.405 e. The molecule has 5 heterocycles. The number of aliphatic carboxylic acids is 3. The molecule has 0 saturated carbocycles. The van der Waals surface area contributed by atoms with Crippen molar-refractivity contribution in [3.8, 4) is 0 Å². The number of carboxylic acid groups (broad SMARTS) is 3. The maximum atomic E-state index is 13.7. The summed E-state index contributed by atoms with van der Waals surface area (Å²) in [5.74, 6) is -7.84. The van der Waals surface area contributed by atoms with E-state index in [-0.39, 0.29) is 89.0 Å². The lowest BCUT2D eigenvalue weighted by Gasteiger charge is -2.26. The van der Waals surface area contributed by atoms with Gasteiger partial charge in [0.05, 0.1) is 41.4 Å². The van der Waals surface area contributed by atoms with Gasteiger partial charge in [0.2, 0.25) is 29.3 Å². The van der Waals surface area contributed by atoms with E-state index >= 15 is 0 Å². The summed E-state index contributed by atoms with van der Waals surface area (Å²) >= 11 is 0. The molecule has 7 rings (SSSR count). The number of nitrogen functional groups attached to an aromatic ring is 1. The number of piperazine rings is 1. The van der Waals surface area contributed by atoms with Crippen LogP contribution in [0.3, 0.4) is 0 Å². The number of nitrogens with zero attached hydrogens (tertiary/aromatic N) is 4. The van der Waals surface area contributed by atoms with E-state index in [1.807, 2.05) is 0 Å². The molecule has 0 radical (unpaired) electrons. The summed E-state index contributed by atoms with van der Waals surface area (Å²) in [6.07, 6.45) is -2.16. The highest BCUT2D eigenvalue weighted by molar-refractivity contribution is 6.25. The molecule has 0 bridgehead atoms. The molecule has 27 nitrogen and oxygen atoms in total. The first kappa shape index (κ1) is 49.4. The average molecular weight is 972 g/mol. The molecular formula is C43H49N13O14. The van der Waals surface area contributed by atoms with Gasteiger partial charge in [-0.2, -0.15) is 4.98 Å². The van der Waals surface area contributed by atoms with Gasteiger partial charge in [-0.3, -0.25) is 33.8 Å². The second-order valence-electron chi connectivity index (χ2n) is 16.9. The van der Waals surface area contributed by atoms with Crippen LogP contribution in [0.2, 0.25) is 0 Å². The summed E-state index contributed by atoms with van der Waals surface area (Å²) in [4.78, 5) is 142. The molecule has 3 aromatic rings. The van der Waals surface area contributed by atoms with Gasteiger partial charge in [0.1, 0.15) is 18.1 Å². The molecule has 0 spiro atoms. The molecule has 14 N–H and O–H groups in total. The summed E-state index contributed by atoms with van der Waals surface area (Å²) in [5.41, 5.74) is 11.8. The first-order chi connectivity index (χ1) is 33.3. The van der Waals surface area contributed by atoms with Gasteiger partial charge >= 0.3 is 24.0 Å². The van der Waals surface area contributed by atoms with Crippen molar-refractivity contribution in [2.75, 3.05) is 24.1 Å². The van der Waals surface area contributed by atoms with Crippen molar-refractivity contribution < 1.29 is 63.2 Å². The second kappa shape index (κ2) is 20.8. The highest BCUT2D eigenvalue weighted by Gasteiger charge is 2.64. The molecule has 370 valence electrons. The van der Waals surface area contributed by atoms with Gasteiger partial charge in [-0.15, -0.1) is 0 Å².